The van der Waals surface area contributed by atoms with Crippen LogP contribution < -0.4 is 33.2 Å². The normalized spacial score (nSPS) is 15.2. The molecule has 5 aromatic rings. The van der Waals surface area contributed by atoms with Crippen molar-refractivity contribution in [3.05, 3.63) is 83.1 Å². The Bertz CT molecular complexity index is 2640. The molecule has 1 aliphatic heterocycles. The molecule has 69 heavy (non-hydrogen) atoms. The molecule has 0 spiro atoms. The van der Waals surface area contributed by atoms with Gasteiger partial charge in [0.05, 0.1) is 39.8 Å². The van der Waals surface area contributed by atoms with Gasteiger partial charge in [0.15, 0.2) is 5.82 Å². The van der Waals surface area contributed by atoms with Gasteiger partial charge in [-0.25, -0.2) is 14.4 Å². The van der Waals surface area contributed by atoms with E-state index in [1.807, 2.05) is 50.5 Å². The van der Waals surface area contributed by atoms with Gasteiger partial charge >= 0.3 is 0 Å². The zero-order valence-electron chi connectivity index (χ0n) is 39.9. The highest BCUT2D eigenvalue weighted by atomic mass is 32.1. The number of nitrogens with zero attached hydrogens (tertiary/aromatic N) is 4. The fourth-order valence-electron chi connectivity index (χ4n) is 8.96. The van der Waals surface area contributed by atoms with Gasteiger partial charge in [0.2, 0.25) is 29.5 Å². The van der Waals surface area contributed by atoms with Gasteiger partial charge in [-0.1, -0.05) is 70.2 Å². The first-order valence-corrected chi connectivity index (χ1v) is 24.5. The number of benzene rings is 2. The Hall–Kier alpha value is -6.53. The summed E-state index contributed by atoms with van der Waals surface area (Å²) in [4.78, 5) is 79.9. The van der Waals surface area contributed by atoms with Gasteiger partial charge in [-0.3, -0.25) is 29.0 Å². The number of likely N-dealkylation sites (tertiary alicyclic amines) is 1. The molecule has 3 atom stereocenters. The topological polar surface area (TPSA) is 262 Å². The molecule has 0 aliphatic carbocycles. The number of halogens is 1. The van der Waals surface area contributed by atoms with Gasteiger partial charge in [-0.2, -0.15) is 0 Å². The van der Waals surface area contributed by atoms with E-state index in [9.17, 15) is 29.1 Å². The fraction of sp³-hybridized carbons (Fsp3) is 0.451. The second-order valence-electron chi connectivity index (χ2n) is 18.9. The molecule has 1 saturated heterocycles. The third-order valence-corrected chi connectivity index (χ3v) is 13.8. The van der Waals surface area contributed by atoms with Crippen molar-refractivity contribution < 1.29 is 33.5 Å². The Morgan fingerprint density at radius 3 is 2.35 bits per heavy atom. The van der Waals surface area contributed by atoms with Gasteiger partial charge in [0, 0.05) is 80.1 Å². The number of nitrogen functional groups attached to an aromatic ring is 2. The average molecular weight is 965 g/mol. The number of carbonyl (C=O) groups is 5. The van der Waals surface area contributed by atoms with Gasteiger partial charge in [0.25, 0.3) is 0 Å². The van der Waals surface area contributed by atoms with Crippen LogP contribution in [0.1, 0.15) is 108 Å². The Morgan fingerprint density at radius 2 is 1.64 bits per heavy atom. The minimum atomic E-state index is -0.809. The largest absolute Gasteiger partial charge is 0.397 e. The summed E-state index contributed by atoms with van der Waals surface area (Å²) in [6.07, 6.45) is 10.3. The number of nitrogens with two attached hydrogens (primary N) is 3. The van der Waals surface area contributed by atoms with Crippen LogP contribution in [0.3, 0.4) is 0 Å². The second kappa shape index (κ2) is 23.7. The van der Waals surface area contributed by atoms with E-state index in [1.54, 1.807) is 30.4 Å². The Labute approximate surface area is 406 Å². The predicted molar refractivity (Wildman–Crippen MR) is 268 cm³/mol. The van der Waals surface area contributed by atoms with Crippen LogP contribution in [0.25, 0.3) is 32.3 Å². The van der Waals surface area contributed by atoms with E-state index in [-0.39, 0.29) is 79.6 Å². The SMILES string of the molecule is Cc1ncsc1-c1ccc(CNC(=O)[C@@H]2C[C@@H](O)CN2C(=O)CC(C)(C)CC(CCCCCCCCC(=O)NCCC(=O)Nc2cc3cc(-c4cncc(N)c4C)c(F)c(N)c3cn2)C(N)=O)cc1. The van der Waals surface area contributed by atoms with Gasteiger partial charge in [-0.05, 0) is 72.7 Å². The van der Waals surface area contributed by atoms with Crippen molar-refractivity contribution in [3.8, 4) is 21.6 Å². The third-order valence-electron chi connectivity index (χ3n) is 12.9. The van der Waals surface area contributed by atoms with Crippen LogP contribution in [-0.4, -0.2) is 79.7 Å². The Kier molecular flexibility index (Phi) is 17.8. The maximum atomic E-state index is 15.3. The number of nitrogens with one attached hydrogen (secondary N) is 3. The molecule has 0 bridgehead atoms. The van der Waals surface area contributed by atoms with Crippen molar-refractivity contribution in [1.29, 1.82) is 0 Å². The number of carbonyl (C=O) groups excluding carboxylic acids is 5. The van der Waals surface area contributed by atoms with E-state index in [1.165, 1.54) is 23.5 Å². The summed E-state index contributed by atoms with van der Waals surface area (Å²) >= 11 is 1.57. The number of aliphatic hydroxyl groups is 1. The van der Waals surface area contributed by atoms with Gasteiger partial charge in [-0.15, -0.1) is 11.3 Å². The van der Waals surface area contributed by atoms with Crippen molar-refractivity contribution in [2.75, 3.05) is 29.9 Å². The van der Waals surface area contributed by atoms with Crippen molar-refractivity contribution >= 4 is 68.8 Å². The Morgan fingerprint density at radius 1 is 0.913 bits per heavy atom. The molecule has 0 radical (unpaired) electrons. The highest BCUT2D eigenvalue weighted by Gasteiger charge is 2.41. The molecule has 1 fully saturated rings. The predicted octanol–water partition coefficient (Wildman–Crippen LogP) is 7.09. The van der Waals surface area contributed by atoms with E-state index in [0.717, 1.165) is 53.8 Å². The van der Waals surface area contributed by atoms with E-state index >= 15 is 4.39 Å². The first kappa shape index (κ1) is 51.9. The lowest BCUT2D eigenvalue weighted by molar-refractivity contribution is -0.140. The maximum absolute atomic E-state index is 15.3. The molecule has 18 heteroatoms. The quantitative estimate of drug-likeness (QED) is 0.0257. The number of anilines is 3. The van der Waals surface area contributed by atoms with Gasteiger partial charge in [0.1, 0.15) is 11.9 Å². The number of hydrogen-bond acceptors (Lipinski definition) is 12. The van der Waals surface area contributed by atoms with Crippen LogP contribution in [0.5, 0.6) is 0 Å². The van der Waals surface area contributed by atoms with Gasteiger partial charge < -0.3 is 43.2 Å². The van der Waals surface area contributed by atoms with Crippen molar-refractivity contribution in [1.82, 2.24) is 30.5 Å². The number of hydrogen-bond donors (Lipinski definition) is 7. The molecule has 10 N–H and O–H groups in total. The molecular formula is C51H65FN10O6S. The number of aliphatic hydroxyl groups excluding tert-OH is 1. The van der Waals surface area contributed by atoms with Crippen LogP contribution in [0.4, 0.5) is 21.6 Å². The van der Waals surface area contributed by atoms with Crippen LogP contribution in [0.2, 0.25) is 0 Å². The van der Waals surface area contributed by atoms with E-state index in [2.05, 4.69) is 30.9 Å². The molecule has 0 saturated carbocycles. The fourth-order valence-corrected chi connectivity index (χ4v) is 9.77. The number of rotatable bonds is 23. The molecule has 16 nitrogen and oxygen atoms in total. The minimum Gasteiger partial charge on any atom is -0.397 e. The van der Waals surface area contributed by atoms with Crippen LogP contribution >= 0.6 is 11.3 Å². The lowest BCUT2D eigenvalue weighted by Crippen LogP contribution is -2.46. The van der Waals surface area contributed by atoms with E-state index in [0.29, 0.717) is 53.3 Å². The lowest BCUT2D eigenvalue weighted by Gasteiger charge is -2.31. The summed E-state index contributed by atoms with van der Waals surface area (Å²) < 4.78 is 15.3. The standard InChI is InChI=1S/C51H65FN10O6S/c1-30-38(25-56-27-40(30)53)37-19-35-20-42(58-26-39(35)47(54)46(37)52)61-44(65)17-18-57-43(64)12-10-8-6-5-7-9-11-34(49(55)67)22-51(3,4)23-45(66)62-28-36(63)21-41(62)50(68)59-24-32-13-15-33(16-14-32)48-31(2)60-29-69-48/h13-16,19-20,25-27,29,34,36,41,63H,5-12,17-18,21-24,28,53-54H2,1-4H3,(H2,55,67)(H,57,64)(H,59,68)(H,58,61,65)/t34?,36-,41+/m1/s1. The summed E-state index contributed by atoms with van der Waals surface area (Å²) in [5, 5.41) is 19.9. The summed E-state index contributed by atoms with van der Waals surface area (Å²) in [5.41, 5.74) is 23.9. The zero-order valence-corrected chi connectivity index (χ0v) is 40.7. The maximum Gasteiger partial charge on any atom is 0.243 e. The summed E-state index contributed by atoms with van der Waals surface area (Å²) in [7, 11) is 0. The van der Waals surface area contributed by atoms with E-state index in [4.69, 9.17) is 17.2 Å². The Balaban J connectivity index is 0.844. The number of fused-ring (bicyclic) bond motifs is 1. The zero-order chi connectivity index (χ0) is 49.8. The molecule has 1 aliphatic rings. The first-order valence-electron chi connectivity index (χ1n) is 23.6. The summed E-state index contributed by atoms with van der Waals surface area (Å²) in [5.74, 6) is -2.24. The minimum absolute atomic E-state index is 0.0319. The molecule has 2 aromatic carbocycles. The molecule has 6 rings (SSSR count). The first-order chi connectivity index (χ1) is 32.9. The number of primary amides is 1. The number of thiazole rings is 1. The monoisotopic (exact) mass is 964 g/mol. The molecule has 5 amide bonds. The van der Waals surface area contributed by atoms with Crippen LogP contribution in [0, 0.1) is 31.0 Å². The number of unbranched alkanes of at least 4 members (excludes halogenated alkanes) is 5. The van der Waals surface area contributed by atoms with Crippen LogP contribution in [0.15, 0.2) is 60.5 Å². The molecule has 3 aromatic heterocycles. The smallest absolute Gasteiger partial charge is 0.243 e. The molecular weight excluding hydrogens is 900 g/mol. The molecule has 4 heterocycles. The summed E-state index contributed by atoms with van der Waals surface area (Å²) in [6, 6.07) is 10.3. The highest BCUT2D eigenvalue weighted by Crippen LogP contribution is 2.37. The summed E-state index contributed by atoms with van der Waals surface area (Å²) in [6.45, 7) is 8.09. The molecule has 1 unspecified atom stereocenters. The second-order valence-corrected chi connectivity index (χ2v) is 19.8. The average Bonchev–Trinajstić information content (AvgIpc) is 3.93. The number of aryl methyl sites for hydroxylation is 1. The van der Waals surface area contributed by atoms with Crippen molar-refractivity contribution in [2.45, 2.75) is 123 Å². The number of pyridine rings is 2. The molecule has 368 valence electrons. The highest BCUT2D eigenvalue weighted by molar-refractivity contribution is 7.13. The van der Waals surface area contributed by atoms with E-state index < -0.39 is 35.2 Å². The third kappa shape index (κ3) is 14.0. The number of amides is 5. The lowest BCUT2D eigenvalue weighted by atomic mass is 9.77. The van der Waals surface area contributed by atoms with Crippen molar-refractivity contribution in [2.24, 2.45) is 17.1 Å². The van der Waals surface area contributed by atoms with Crippen LogP contribution in [-0.2, 0) is 30.5 Å². The number of β-amino-alcohol motifs (C(OH)–C–C–N with tert-alkyl or cyclic N) is 1. The van der Waals surface area contributed by atoms with Crippen molar-refractivity contribution in [3.63, 3.8) is 0 Å². The number of aromatic nitrogens is 3.